The quantitative estimate of drug-likeness (QED) is 0.868. The molecule has 6 heteroatoms. The summed E-state index contributed by atoms with van der Waals surface area (Å²) in [6.45, 7) is 1.66. The highest BCUT2D eigenvalue weighted by Crippen LogP contribution is 2.20. The van der Waals surface area contributed by atoms with Crippen molar-refractivity contribution >= 4 is 33.4 Å². The molecule has 1 fully saturated rings. The molecule has 21 heavy (non-hydrogen) atoms. The lowest BCUT2D eigenvalue weighted by molar-refractivity contribution is -0.133. The van der Waals surface area contributed by atoms with Crippen LogP contribution in [-0.2, 0) is 9.59 Å². The Morgan fingerprint density at radius 1 is 1.24 bits per heavy atom. The van der Waals surface area contributed by atoms with Gasteiger partial charge in [0.05, 0.1) is 6.54 Å². The van der Waals surface area contributed by atoms with Crippen LogP contribution in [0.15, 0.2) is 28.7 Å². The first-order chi connectivity index (χ1) is 10.1. The Kier molecular flexibility index (Phi) is 5.76. The molecule has 2 rings (SSSR count). The molecule has 0 saturated carbocycles. The SMILES string of the molecule is CNCC(=O)N1CCC(C(=O)Nc2ccc(Br)cc2)CC1. The normalized spacial score (nSPS) is 15.8. The van der Waals surface area contributed by atoms with Crippen LogP contribution in [0.3, 0.4) is 0 Å². The van der Waals surface area contributed by atoms with Crippen molar-refractivity contribution in [3.05, 3.63) is 28.7 Å². The van der Waals surface area contributed by atoms with Crippen LogP contribution in [0.4, 0.5) is 5.69 Å². The summed E-state index contributed by atoms with van der Waals surface area (Å²) in [5.41, 5.74) is 0.803. The molecule has 1 aromatic carbocycles. The predicted octanol–water partition coefficient (Wildman–Crippen LogP) is 1.85. The van der Waals surface area contributed by atoms with E-state index in [0.717, 1.165) is 23.0 Å². The average Bonchev–Trinajstić information content (AvgIpc) is 2.50. The standard InChI is InChI=1S/C15H20BrN3O2/c1-17-10-14(20)19-8-6-11(7-9-19)15(21)18-13-4-2-12(16)3-5-13/h2-5,11,17H,6-10H2,1H3,(H,18,21). The van der Waals surface area contributed by atoms with Crippen LogP contribution in [-0.4, -0.2) is 43.4 Å². The van der Waals surface area contributed by atoms with Crippen molar-refractivity contribution in [1.29, 1.82) is 0 Å². The molecule has 0 aliphatic carbocycles. The van der Waals surface area contributed by atoms with Crippen LogP contribution in [0.2, 0.25) is 0 Å². The van der Waals surface area contributed by atoms with E-state index in [4.69, 9.17) is 0 Å². The van der Waals surface area contributed by atoms with Crippen molar-refractivity contribution in [2.75, 3.05) is 32.0 Å². The lowest BCUT2D eigenvalue weighted by Crippen LogP contribution is -2.44. The van der Waals surface area contributed by atoms with E-state index in [1.165, 1.54) is 0 Å². The van der Waals surface area contributed by atoms with Crippen molar-refractivity contribution in [1.82, 2.24) is 10.2 Å². The number of piperidine rings is 1. The van der Waals surface area contributed by atoms with Gasteiger partial charge in [0.1, 0.15) is 0 Å². The van der Waals surface area contributed by atoms with Gasteiger partial charge in [0, 0.05) is 29.2 Å². The summed E-state index contributed by atoms with van der Waals surface area (Å²) in [6, 6.07) is 7.53. The number of carbonyl (C=O) groups excluding carboxylic acids is 2. The van der Waals surface area contributed by atoms with Gasteiger partial charge >= 0.3 is 0 Å². The molecule has 1 aliphatic heterocycles. The summed E-state index contributed by atoms with van der Waals surface area (Å²) in [6.07, 6.45) is 1.44. The number of likely N-dealkylation sites (N-methyl/N-ethyl adjacent to an activating group) is 1. The van der Waals surface area contributed by atoms with E-state index in [-0.39, 0.29) is 17.7 Å². The van der Waals surface area contributed by atoms with Crippen molar-refractivity contribution in [2.45, 2.75) is 12.8 Å². The van der Waals surface area contributed by atoms with E-state index in [0.29, 0.717) is 19.6 Å². The van der Waals surface area contributed by atoms with Gasteiger partial charge in [-0.05, 0) is 44.2 Å². The zero-order chi connectivity index (χ0) is 15.2. The second-order valence-corrected chi connectivity index (χ2v) is 6.10. The molecule has 2 amide bonds. The highest BCUT2D eigenvalue weighted by atomic mass is 79.9. The molecule has 0 unspecified atom stereocenters. The second kappa shape index (κ2) is 7.56. The third kappa shape index (κ3) is 4.54. The number of nitrogens with one attached hydrogen (secondary N) is 2. The molecule has 0 atom stereocenters. The maximum atomic E-state index is 12.2. The smallest absolute Gasteiger partial charge is 0.236 e. The Balaban J connectivity index is 1.83. The van der Waals surface area contributed by atoms with Crippen LogP contribution in [0.1, 0.15) is 12.8 Å². The van der Waals surface area contributed by atoms with Gasteiger partial charge in [-0.25, -0.2) is 0 Å². The molecule has 114 valence electrons. The topological polar surface area (TPSA) is 61.4 Å². The minimum atomic E-state index is -0.0210. The number of carbonyl (C=O) groups is 2. The van der Waals surface area contributed by atoms with E-state index in [1.54, 1.807) is 7.05 Å². The van der Waals surface area contributed by atoms with Crippen molar-refractivity contribution in [2.24, 2.45) is 5.92 Å². The fourth-order valence-electron chi connectivity index (χ4n) is 2.43. The minimum Gasteiger partial charge on any atom is -0.342 e. The van der Waals surface area contributed by atoms with Gasteiger partial charge in [0.15, 0.2) is 0 Å². The predicted molar refractivity (Wildman–Crippen MR) is 86.0 cm³/mol. The summed E-state index contributed by atoms with van der Waals surface area (Å²) in [4.78, 5) is 25.8. The Hall–Kier alpha value is -1.40. The number of nitrogens with zero attached hydrogens (tertiary/aromatic N) is 1. The number of hydrogen-bond acceptors (Lipinski definition) is 3. The molecular formula is C15H20BrN3O2. The zero-order valence-corrected chi connectivity index (χ0v) is 13.6. The highest BCUT2D eigenvalue weighted by molar-refractivity contribution is 9.10. The van der Waals surface area contributed by atoms with Gasteiger partial charge in [-0.2, -0.15) is 0 Å². The van der Waals surface area contributed by atoms with Crippen molar-refractivity contribution < 1.29 is 9.59 Å². The number of halogens is 1. The minimum absolute atomic E-state index is 0.0210. The van der Waals surface area contributed by atoms with E-state index >= 15 is 0 Å². The van der Waals surface area contributed by atoms with Crippen LogP contribution < -0.4 is 10.6 Å². The van der Waals surface area contributed by atoms with Gasteiger partial charge in [0.25, 0.3) is 0 Å². The van der Waals surface area contributed by atoms with Crippen LogP contribution in [0.25, 0.3) is 0 Å². The van der Waals surface area contributed by atoms with Crippen LogP contribution >= 0.6 is 15.9 Å². The number of rotatable bonds is 4. The summed E-state index contributed by atoms with van der Waals surface area (Å²) in [5, 5.41) is 5.79. The second-order valence-electron chi connectivity index (χ2n) is 5.18. The summed E-state index contributed by atoms with van der Waals surface area (Å²) < 4.78 is 0.983. The molecule has 0 spiro atoms. The van der Waals surface area contributed by atoms with Gasteiger partial charge in [-0.15, -0.1) is 0 Å². The van der Waals surface area contributed by atoms with E-state index in [1.807, 2.05) is 29.2 Å². The molecule has 5 nitrogen and oxygen atoms in total. The number of anilines is 1. The first-order valence-corrected chi connectivity index (χ1v) is 7.88. The molecule has 1 heterocycles. The first-order valence-electron chi connectivity index (χ1n) is 7.09. The molecule has 1 saturated heterocycles. The third-order valence-corrected chi connectivity index (χ3v) is 4.19. The summed E-state index contributed by atoms with van der Waals surface area (Å²) >= 11 is 3.37. The lowest BCUT2D eigenvalue weighted by Gasteiger charge is -2.31. The molecule has 0 bridgehead atoms. The molecule has 2 N–H and O–H groups in total. The third-order valence-electron chi connectivity index (χ3n) is 3.66. The number of likely N-dealkylation sites (tertiary alicyclic amines) is 1. The van der Waals surface area contributed by atoms with E-state index in [2.05, 4.69) is 26.6 Å². The Morgan fingerprint density at radius 2 is 1.86 bits per heavy atom. The summed E-state index contributed by atoms with van der Waals surface area (Å²) in [5.74, 6) is 0.120. The molecule has 0 radical (unpaired) electrons. The van der Waals surface area contributed by atoms with Crippen LogP contribution in [0, 0.1) is 5.92 Å². The van der Waals surface area contributed by atoms with Gasteiger partial charge in [-0.3, -0.25) is 9.59 Å². The molecule has 0 aromatic heterocycles. The van der Waals surface area contributed by atoms with Crippen molar-refractivity contribution in [3.63, 3.8) is 0 Å². The molecule has 1 aliphatic rings. The fourth-order valence-corrected chi connectivity index (χ4v) is 2.70. The monoisotopic (exact) mass is 353 g/mol. The fraction of sp³-hybridized carbons (Fsp3) is 0.467. The number of hydrogen-bond donors (Lipinski definition) is 2. The molecular weight excluding hydrogens is 334 g/mol. The van der Waals surface area contributed by atoms with Crippen molar-refractivity contribution in [3.8, 4) is 0 Å². The van der Waals surface area contributed by atoms with Gasteiger partial charge in [0.2, 0.25) is 11.8 Å². The van der Waals surface area contributed by atoms with Gasteiger partial charge < -0.3 is 15.5 Å². The first kappa shape index (κ1) is 16.0. The zero-order valence-electron chi connectivity index (χ0n) is 12.1. The number of benzene rings is 1. The maximum absolute atomic E-state index is 12.2. The average molecular weight is 354 g/mol. The Morgan fingerprint density at radius 3 is 2.43 bits per heavy atom. The lowest BCUT2D eigenvalue weighted by atomic mass is 9.95. The van der Waals surface area contributed by atoms with E-state index < -0.39 is 0 Å². The van der Waals surface area contributed by atoms with Crippen LogP contribution in [0.5, 0.6) is 0 Å². The largest absolute Gasteiger partial charge is 0.342 e. The summed E-state index contributed by atoms with van der Waals surface area (Å²) in [7, 11) is 1.76. The highest BCUT2D eigenvalue weighted by Gasteiger charge is 2.26. The molecule has 1 aromatic rings. The number of amides is 2. The Labute approximate surface area is 133 Å². The Bertz CT molecular complexity index is 496. The van der Waals surface area contributed by atoms with Gasteiger partial charge in [-0.1, -0.05) is 15.9 Å². The van der Waals surface area contributed by atoms with E-state index in [9.17, 15) is 9.59 Å². The maximum Gasteiger partial charge on any atom is 0.236 e.